The Labute approximate surface area is 101 Å². The minimum atomic E-state index is -0.592. The highest BCUT2D eigenvalue weighted by Gasteiger charge is 2.08. The zero-order valence-electron chi connectivity index (χ0n) is 9.99. The lowest BCUT2D eigenvalue weighted by Crippen LogP contribution is -2.16. The van der Waals surface area contributed by atoms with Crippen molar-refractivity contribution in [2.24, 2.45) is 5.73 Å². The minimum Gasteiger partial charge on any atom is -0.461 e. The number of carbonyl (C=O) groups excluding carboxylic acids is 1. The number of ether oxygens (including phenoxy) is 1. The Morgan fingerprint density at radius 2 is 2.12 bits per heavy atom. The van der Waals surface area contributed by atoms with Crippen molar-refractivity contribution in [3.05, 3.63) is 47.2 Å². The van der Waals surface area contributed by atoms with Gasteiger partial charge in [0, 0.05) is 5.56 Å². The average molecular weight is 232 g/mol. The van der Waals surface area contributed by atoms with E-state index in [1.165, 1.54) is 6.08 Å². The van der Waals surface area contributed by atoms with Crippen LogP contribution in [-0.2, 0) is 9.53 Å². The second-order valence-electron chi connectivity index (χ2n) is 3.55. The molecule has 1 aromatic rings. The number of rotatable bonds is 4. The Hall–Kier alpha value is -2.10. The van der Waals surface area contributed by atoms with Crippen LogP contribution in [0.3, 0.4) is 0 Å². The lowest BCUT2D eigenvalue weighted by molar-refractivity contribution is -0.138. The molecule has 0 spiro atoms. The molecule has 0 aromatic heterocycles. The van der Waals surface area contributed by atoms with E-state index in [4.69, 9.17) is 15.9 Å². The molecule has 3 N–H and O–H groups in total. The summed E-state index contributed by atoms with van der Waals surface area (Å²) in [5, 5.41) is 7.86. The molecule has 1 rings (SSSR count). The summed E-state index contributed by atoms with van der Waals surface area (Å²) in [7, 11) is 0. The SMILES string of the molecule is CCOC(=O)/C(N)=C/C(=N)c1ccccc1C. The minimum absolute atomic E-state index is 0.0555. The van der Waals surface area contributed by atoms with Gasteiger partial charge >= 0.3 is 5.97 Å². The third-order valence-electron chi connectivity index (χ3n) is 2.25. The highest BCUT2D eigenvalue weighted by atomic mass is 16.5. The summed E-state index contributed by atoms with van der Waals surface area (Å²) in [6.45, 7) is 3.88. The number of aryl methyl sites for hydroxylation is 1. The molecule has 0 radical (unpaired) electrons. The summed E-state index contributed by atoms with van der Waals surface area (Å²) >= 11 is 0. The van der Waals surface area contributed by atoms with Gasteiger partial charge in [0.15, 0.2) is 0 Å². The Morgan fingerprint density at radius 3 is 2.71 bits per heavy atom. The molecule has 0 saturated heterocycles. The fourth-order valence-electron chi connectivity index (χ4n) is 1.38. The van der Waals surface area contributed by atoms with E-state index < -0.39 is 5.97 Å². The van der Waals surface area contributed by atoms with Gasteiger partial charge in [-0.25, -0.2) is 4.79 Å². The van der Waals surface area contributed by atoms with Crippen LogP contribution in [0.4, 0.5) is 0 Å². The molecule has 90 valence electrons. The normalized spacial score (nSPS) is 11.1. The van der Waals surface area contributed by atoms with Crippen LogP contribution in [0.25, 0.3) is 0 Å². The van der Waals surface area contributed by atoms with Crippen LogP contribution in [0.15, 0.2) is 36.0 Å². The second kappa shape index (κ2) is 5.84. The summed E-state index contributed by atoms with van der Waals surface area (Å²) in [6.07, 6.45) is 1.32. The Balaban J connectivity index is 2.89. The van der Waals surface area contributed by atoms with Gasteiger partial charge in [0.2, 0.25) is 0 Å². The monoisotopic (exact) mass is 232 g/mol. The summed E-state index contributed by atoms with van der Waals surface area (Å²) in [6, 6.07) is 7.45. The summed E-state index contributed by atoms with van der Waals surface area (Å²) in [4.78, 5) is 11.3. The van der Waals surface area contributed by atoms with Gasteiger partial charge in [-0.2, -0.15) is 0 Å². The van der Waals surface area contributed by atoms with Crippen molar-refractivity contribution in [3.8, 4) is 0 Å². The van der Waals surface area contributed by atoms with E-state index in [1.807, 2.05) is 31.2 Å². The maximum Gasteiger partial charge on any atom is 0.354 e. The first kappa shape index (κ1) is 13.0. The standard InChI is InChI=1S/C13H16N2O2/c1-3-17-13(16)12(15)8-11(14)10-7-5-4-6-9(10)2/h4-8,14H,3,15H2,1-2H3/b12-8-,14-11?. The molecule has 0 aliphatic heterocycles. The fraction of sp³-hybridized carbons (Fsp3) is 0.231. The van der Waals surface area contributed by atoms with Gasteiger partial charge in [-0.3, -0.25) is 0 Å². The predicted octanol–water partition coefficient (Wildman–Crippen LogP) is 1.77. The molecule has 4 nitrogen and oxygen atoms in total. The van der Waals surface area contributed by atoms with Crippen molar-refractivity contribution in [1.29, 1.82) is 5.41 Å². The fourth-order valence-corrected chi connectivity index (χ4v) is 1.38. The van der Waals surface area contributed by atoms with E-state index in [0.717, 1.165) is 11.1 Å². The molecular weight excluding hydrogens is 216 g/mol. The zero-order valence-corrected chi connectivity index (χ0v) is 9.99. The molecule has 0 unspecified atom stereocenters. The van der Waals surface area contributed by atoms with Crippen molar-refractivity contribution in [2.45, 2.75) is 13.8 Å². The molecule has 0 amide bonds. The predicted molar refractivity (Wildman–Crippen MR) is 66.9 cm³/mol. The maximum atomic E-state index is 11.3. The first-order chi connectivity index (χ1) is 8.06. The van der Waals surface area contributed by atoms with Crippen LogP contribution in [0.1, 0.15) is 18.1 Å². The Kier molecular flexibility index (Phi) is 4.46. The van der Waals surface area contributed by atoms with Crippen molar-refractivity contribution in [3.63, 3.8) is 0 Å². The topological polar surface area (TPSA) is 76.2 Å². The molecular formula is C13H16N2O2. The third kappa shape index (κ3) is 3.45. The van der Waals surface area contributed by atoms with Gasteiger partial charge in [0.1, 0.15) is 5.70 Å². The number of hydrogen-bond donors (Lipinski definition) is 2. The summed E-state index contributed by atoms with van der Waals surface area (Å²) in [5.41, 5.74) is 7.40. The van der Waals surface area contributed by atoms with E-state index in [2.05, 4.69) is 0 Å². The van der Waals surface area contributed by atoms with Gasteiger partial charge < -0.3 is 15.9 Å². The van der Waals surface area contributed by atoms with Crippen LogP contribution >= 0.6 is 0 Å². The third-order valence-corrected chi connectivity index (χ3v) is 2.25. The highest BCUT2D eigenvalue weighted by Crippen LogP contribution is 2.09. The highest BCUT2D eigenvalue weighted by molar-refractivity contribution is 6.10. The van der Waals surface area contributed by atoms with E-state index >= 15 is 0 Å². The van der Waals surface area contributed by atoms with Crippen molar-refractivity contribution in [2.75, 3.05) is 6.61 Å². The summed E-state index contributed by atoms with van der Waals surface area (Å²) in [5.74, 6) is -0.592. The van der Waals surface area contributed by atoms with Crippen LogP contribution in [0, 0.1) is 12.3 Å². The first-order valence-electron chi connectivity index (χ1n) is 5.35. The maximum absolute atomic E-state index is 11.3. The number of esters is 1. The van der Waals surface area contributed by atoms with Crippen LogP contribution < -0.4 is 5.73 Å². The van der Waals surface area contributed by atoms with E-state index in [0.29, 0.717) is 0 Å². The molecule has 17 heavy (non-hydrogen) atoms. The molecule has 0 aliphatic carbocycles. The summed E-state index contributed by atoms with van der Waals surface area (Å²) < 4.78 is 4.74. The van der Waals surface area contributed by atoms with Gasteiger partial charge in [-0.1, -0.05) is 24.3 Å². The van der Waals surface area contributed by atoms with Crippen LogP contribution in [-0.4, -0.2) is 18.3 Å². The van der Waals surface area contributed by atoms with E-state index in [9.17, 15) is 4.79 Å². The number of hydrogen-bond acceptors (Lipinski definition) is 4. The molecule has 0 atom stereocenters. The first-order valence-corrected chi connectivity index (χ1v) is 5.35. The largest absolute Gasteiger partial charge is 0.461 e. The van der Waals surface area contributed by atoms with Gasteiger partial charge in [0.25, 0.3) is 0 Å². The van der Waals surface area contributed by atoms with Crippen molar-refractivity contribution < 1.29 is 9.53 Å². The Morgan fingerprint density at radius 1 is 1.47 bits per heavy atom. The quantitative estimate of drug-likeness (QED) is 0.472. The molecule has 4 heteroatoms. The van der Waals surface area contributed by atoms with Crippen molar-refractivity contribution in [1.82, 2.24) is 0 Å². The van der Waals surface area contributed by atoms with Gasteiger partial charge in [0.05, 0.1) is 12.3 Å². The van der Waals surface area contributed by atoms with Crippen molar-refractivity contribution >= 4 is 11.7 Å². The molecule has 0 saturated carbocycles. The zero-order chi connectivity index (χ0) is 12.8. The van der Waals surface area contributed by atoms with E-state index in [-0.39, 0.29) is 18.0 Å². The molecule has 1 aromatic carbocycles. The molecule has 0 bridgehead atoms. The number of nitrogens with two attached hydrogens (primary N) is 1. The smallest absolute Gasteiger partial charge is 0.354 e. The number of carbonyl (C=O) groups is 1. The Bertz CT molecular complexity index is 464. The average Bonchev–Trinajstić information content (AvgIpc) is 2.29. The molecule has 0 aliphatic rings. The number of allylic oxidation sites excluding steroid dienone is 1. The van der Waals surface area contributed by atoms with Gasteiger partial charge in [-0.05, 0) is 25.5 Å². The molecule has 0 fully saturated rings. The number of nitrogens with one attached hydrogen (secondary N) is 1. The van der Waals surface area contributed by atoms with Crippen LogP contribution in [0.2, 0.25) is 0 Å². The molecule has 0 heterocycles. The van der Waals surface area contributed by atoms with E-state index in [1.54, 1.807) is 6.92 Å². The number of benzene rings is 1. The second-order valence-corrected chi connectivity index (χ2v) is 3.55. The van der Waals surface area contributed by atoms with Crippen LogP contribution in [0.5, 0.6) is 0 Å². The lowest BCUT2D eigenvalue weighted by Gasteiger charge is -2.05. The lowest BCUT2D eigenvalue weighted by atomic mass is 10.0. The van der Waals surface area contributed by atoms with Gasteiger partial charge in [-0.15, -0.1) is 0 Å².